The van der Waals surface area contributed by atoms with Crippen LogP contribution in [0.1, 0.15) is 18.1 Å². The minimum absolute atomic E-state index is 0.180. The molecule has 0 unspecified atom stereocenters. The van der Waals surface area contributed by atoms with Crippen LogP contribution in [-0.2, 0) is 13.1 Å². The minimum Gasteiger partial charge on any atom is -0.351 e. The largest absolute Gasteiger partial charge is 0.351 e. The van der Waals surface area contributed by atoms with Gasteiger partial charge in [0.25, 0.3) is 5.56 Å². The SMILES string of the molecule is CCN(Cc1ccccc1CN)c1nc[nH]c(=O)c1Br. The number of anilines is 1. The van der Waals surface area contributed by atoms with Crippen LogP contribution in [0.2, 0.25) is 0 Å². The molecule has 106 valence electrons. The molecule has 1 heterocycles. The van der Waals surface area contributed by atoms with E-state index in [0.717, 1.165) is 17.7 Å². The molecule has 0 atom stereocenters. The van der Waals surface area contributed by atoms with Crippen molar-refractivity contribution in [2.45, 2.75) is 20.0 Å². The molecule has 2 aromatic rings. The monoisotopic (exact) mass is 336 g/mol. The van der Waals surface area contributed by atoms with Crippen LogP contribution in [0.15, 0.2) is 39.9 Å². The van der Waals surface area contributed by atoms with Gasteiger partial charge in [0, 0.05) is 19.6 Å². The standard InChI is InChI=1S/C14H17BrN4O/c1-2-19(13-12(15)14(20)18-9-17-13)8-11-6-4-3-5-10(11)7-16/h3-6,9H,2,7-8,16H2,1H3,(H,17,18,20). The van der Waals surface area contributed by atoms with E-state index in [9.17, 15) is 4.79 Å². The molecule has 0 saturated heterocycles. The predicted molar refractivity (Wildman–Crippen MR) is 83.6 cm³/mol. The predicted octanol–water partition coefficient (Wildman–Crippen LogP) is 2.02. The zero-order chi connectivity index (χ0) is 14.5. The Labute approximate surface area is 126 Å². The summed E-state index contributed by atoms with van der Waals surface area (Å²) in [4.78, 5) is 20.5. The highest BCUT2D eigenvalue weighted by atomic mass is 79.9. The molecule has 0 bridgehead atoms. The number of benzene rings is 1. The molecule has 5 nitrogen and oxygen atoms in total. The number of H-pyrrole nitrogens is 1. The maximum absolute atomic E-state index is 11.6. The van der Waals surface area contributed by atoms with E-state index >= 15 is 0 Å². The molecular formula is C14H17BrN4O. The van der Waals surface area contributed by atoms with Crippen LogP contribution < -0.4 is 16.2 Å². The Bertz CT molecular complexity index is 641. The first-order valence-corrected chi connectivity index (χ1v) is 7.21. The smallest absolute Gasteiger partial charge is 0.267 e. The summed E-state index contributed by atoms with van der Waals surface area (Å²) >= 11 is 3.30. The van der Waals surface area contributed by atoms with Crippen molar-refractivity contribution >= 4 is 21.7 Å². The van der Waals surface area contributed by atoms with Crippen molar-refractivity contribution in [3.05, 3.63) is 56.5 Å². The average Bonchev–Trinajstić information content (AvgIpc) is 2.48. The van der Waals surface area contributed by atoms with Crippen molar-refractivity contribution in [3.8, 4) is 0 Å². The Morgan fingerprint density at radius 1 is 1.35 bits per heavy atom. The molecule has 20 heavy (non-hydrogen) atoms. The first-order valence-electron chi connectivity index (χ1n) is 6.42. The minimum atomic E-state index is -0.180. The van der Waals surface area contributed by atoms with Crippen molar-refractivity contribution in [3.63, 3.8) is 0 Å². The van der Waals surface area contributed by atoms with E-state index in [2.05, 4.69) is 25.9 Å². The van der Waals surface area contributed by atoms with E-state index in [1.54, 1.807) is 0 Å². The Morgan fingerprint density at radius 2 is 2.05 bits per heavy atom. The number of halogens is 1. The van der Waals surface area contributed by atoms with Gasteiger partial charge in [-0.15, -0.1) is 0 Å². The highest BCUT2D eigenvalue weighted by molar-refractivity contribution is 9.10. The van der Waals surface area contributed by atoms with Gasteiger partial charge in [-0.25, -0.2) is 4.98 Å². The molecular weight excluding hydrogens is 320 g/mol. The summed E-state index contributed by atoms with van der Waals surface area (Å²) in [6.45, 7) is 3.94. The van der Waals surface area contributed by atoms with Gasteiger partial charge >= 0.3 is 0 Å². The van der Waals surface area contributed by atoms with Crippen LogP contribution in [0, 0.1) is 0 Å². The van der Waals surface area contributed by atoms with Gasteiger partial charge in [-0.2, -0.15) is 0 Å². The molecule has 0 amide bonds. The number of hydrogen-bond donors (Lipinski definition) is 2. The number of aromatic amines is 1. The highest BCUT2D eigenvalue weighted by Crippen LogP contribution is 2.22. The number of rotatable bonds is 5. The van der Waals surface area contributed by atoms with E-state index in [-0.39, 0.29) is 5.56 Å². The van der Waals surface area contributed by atoms with Gasteiger partial charge in [0.2, 0.25) is 0 Å². The van der Waals surface area contributed by atoms with E-state index in [0.29, 0.717) is 23.4 Å². The fourth-order valence-corrected chi connectivity index (χ4v) is 2.51. The zero-order valence-corrected chi connectivity index (χ0v) is 12.9. The third kappa shape index (κ3) is 3.08. The molecule has 2 rings (SSSR count). The lowest BCUT2D eigenvalue weighted by atomic mass is 10.1. The summed E-state index contributed by atoms with van der Waals surface area (Å²) < 4.78 is 0.451. The molecule has 1 aromatic heterocycles. The number of aromatic nitrogens is 2. The molecule has 0 spiro atoms. The summed E-state index contributed by atoms with van der Waals surface area (Å²) in [5.74, 6) is 0.642. The van der Waals surface area contributed by atoms with E-state index in [1.807, 2.05) is 36.1 Å². The normalized spacial score (nSPS) is 10.6. The molecule has 0 radical (unpaired) electrons. The lowest BCUT2D eigenvalue weighted by Gasteiger charge is -2.23. The summed E-state index contributed by atoms with van der Waals surface area (Å²) in [5, 5.41) is 0. The second-order valence-corrected chi connectivity index (χ2v) is 5.15. The van der Waals surface area contributed by atoms with Crippen LogP contribution >= 0.6 is 15.9 Å². The van der Waals surface area contributed by atoms with Crippen LogP contribution in [0.5, 0.6) is 0 Å². The Kier molecular flexibility index (Phi) is 4.92. The topological polar surface area (TPSA) is 75.0 Å². The number of nitrogens with one attached hydrogen (secondary N) is 1. The van der Waals surface area contributed by atoms with Crippen molar-refractivity contribution in [2.24, 2.45) is 5.73 Å². The van der Waals surface area contributed by atoms with Gasteiger partial charge < -0.3 is 15.6 Å². The molecule has 0 aliphatic heterocycles. The number of nitrogens with zero attached hydrogens (tertiary/aromatic N) is 2. The van der Waals surface area contributed by atoms with Gasteiger partial charge in [-0.3, -0.25) is 4.79 Å². The molecule has 0 aliphatic carbocycles. The van der Waals surface area contributed by atoms with Gasteiger partial charge in [0.1, 0.15) is 4.47 Å². The molecule has 0 fully saturated rings. The van der Waals surface area contributed by atoms with Crippen LogP contribution in [0.4, 0.5) is 5.82 Å². The average molecular weight is 337 g/mol. The second-order valence-electron chi connectivity index (χ2n) is 4.36. The first-order chi connectivity index (χ1) is 9.67. The van der Waals surface area contributed by atoms with Gasteiger partial charge in [0.15, 0.2) is 5.82 Å². The summed E-state index contributed by atoms with van der Waals surface area (Å²) in [5.41, 5.74) is 7.83. The van der Waals surface area contributed by atoms with Gasteiger partial charge in [-0.1, -0.05) is 24.3 Å². The third-order valence-corrected chi connectivity index (χ3v) is 3.87. The molecule has 6 heteroatoms. The second kappa shape index (κ2) is 6.67. The van der Waals surface area contributed by atoms with Crippen LogP contribution in [-0.4, -0.2) is 16.5 Å². The van der Waals surface area contributed by atoms with Crippen molar-refractivity contribution < 1.29 is 0 Å². The molecule has 0 saturated carbocycles. The summed E-state index contributed by atoms with van der Waals surface area (Å²) in [6.07, 6.45) is 1.42. The quantitative estimate of drug-likeness (QED) is 0.875. The fourth-order valence-electron chi connectivity index (χ4n) is 2.05. The van der Waals surface area contributed by atoms with Crippen molar-refractivity contribution in [1.82, 2.24) is 9.97 Å². The zero-order valence-electron chi connectivity index (χ0n) is 11.3. The van der Waals surface area contributed by atoms with E-state index in [1.165, 1.54) is 6.33 Å². The Balaban J connectivity index is 2.34. The highest BCUT2D eigenvalue weighted by Gasteiger charge is 2.14. The summed E-state index contributed by atoms with van der Waals surface area (Å²) in [7, 11) is 0. The molecule has 3 N–H and O–H groups in total. The maximum Gasteiger partial charge on any atom is 0.267 e. The first kappa shape index (κ1) is 14.7. The van der Waals surface area contributed by atoms with Crippen LogP contribution in [0.3, 0.4) is 0 Å². The lowest BCUT2D eigenvalue weighted by Crippen LogP contribution is -2.26. The Hall–Kier alpha value is -1.66. The molecule has 1 aromatic carbocycles. The van der Waals surface area contributed by atoms with Gasteiger partial charge in [-0.05, 0) is 34.0 Å². The van der Waals surface area contributed by atoms with Gasteiger partial charge in [0.05, 0.1) is 6.33 Å². The third-order valence-electron chi connectivity index (χ3n) is 3.16. The van der Waals surface area contributed by atoms with E-state index < -0.39 is 0 Å². The number of nitrogens with two attached hydrogens (primary N) is 1. The van der Waals surface area contributed by atoms with Crippen molar-refractivity contribution in [1.29, 1.82) is 0 Å². The van der Waals surface area contributed by atoms with E-state index in [4.69, 9.17) is 5.73 Å². The maximum atomic E-state index is 11.6. The fraction of sp³-hybridized carbons (Fsp3) is 0.286. The number of hydrogen-bond acceptors (Lipinski definition) is 4. The van der Waals surface area contributed by atoms with Crippen molar-refractivity contribution in [2.75, 3.05) is 11.4 Å². The van der Waals surface area contributed by atoms with Crippen LogP contribution in [0.25, 0.3) is 0 Å². The summed E-state index contributed by atoms with van der Waals surface area (Å²) in [6, 6.07) is 8.03. The lowest BCUT2D eigenvalue weighted by molar-refractivity contribution is 0.794. The Morgan fingerprint density at radius 3 is 2.70 bits per heavy atom. The molecule has 0 aliphatic rings.